The Hall–Kier alpha value is -7.55. The number of aromatic amines is 2. The Labute approximate surface area is 390 Å². The van der Waals surface area contributed by atoms with Crippen molar-refractivity contribution in [2.45, 2.75) is 53.1 Å². The molecule has 5 aromatic heterocycles. The van der Waals surface area contributed by atoms with E-state index in [2.05, 4.69) is 60.5 Å². The van der Waals surface area contributed by atoms with Gasteiger partial charge in [0.2, 0.25) is 0 Å². The summed E-state index contributed by atoms with van der Waals surface area (Å²) in [5.41, 5.74) is 13.3. The van der Waals surface area contributed by atoms with Gasteiger partial charge in [-0.15, -0.1) is 0 Å². The number of pyridine rings is 2. The predicted octanol–water partition coefficient (Wildman–Crippen LogP) is 12.9. The van der Waals surface area contributed by atoms with Gasteiger partial charge in [0.15, 0.2) is 0 Å². The maximum Gasteiger partial charge on any atom is 0.338 e. The maximum atomic E-state index is 12.8. The average molecular weight is 905 g/mol. The van der Waals surface area contributed by atoms with Crippen molar-refractivity contribution in [1.29, 1.82) is 5.26 Å². The van der Waals surface area contributed by atoms with Gasteiger partial charge in [-0.2, -0.15) is 5.26 Å². The largest absolute Gasteiger partial charge is 0.462 e. The second-order valence-corrected chi connectivity index (χ2v) is 17.8. The van der Waals surface area contributed by atoms with Crippen LogP contribution >= 0.6 is 8.53 Å². The first kappa shape index (κ1) is 44.6. The van der Waals surface area contributed by atoms with Gasteiger partial charge in [-0.05, 0) is 143 Å². The molecule has 1 atom stereocenters. The Morgan fingerprint density at radius 2 is 1.10 bits per heavy atom. The number of ether oxygens (including phenoxy) is 1. The summed E-state index contributed by atoms with van der Waals surface area (Å²) in [6.45, 7) is 10.8. The highest BCUT2D eigenvalue weighted by molar-refractivity contribution is 7.45. The number of H-pyrrole nitrogens is 2. The summed E-state index contributed by atoms with van der Waals surface area (Å²) < 4.78 is 20.3. The molecular formula is C54H49N8O4P. The van der Waals surface area contributed by atoms with Crippen LogP contribution in [0.3, 0.4) is 0 Å². The number of aromatic nitrogens is 6. The van der Waals surface area contributed by atoms with Crippen LogP contribution in [-0.4, -0.2) is 65.8 Å². The van der Waals surface area contributed by atoms with E-state index in [9.17, 15) is 10.1 Å². The number of carbonyl (C=O) groups is 1. The molecule has 8 bridgehead atoms. The molecule has 7 aromatic rings. The fourth-order valence-corrected chi connectivity index (χ4v) is 10.0. The van der Waals surface area contributed by atoms with Gasteiger partial charge < -0.3 is 23.8 Å². The lowest BCUT2D eigenvalue weighted by atomic mass is 10.0. The highest BCUT2D eigenvalue weighted by atomic mass is 31.2. The molecule has 12 nitrogen and oxygen atoms in total. The molecule has 0 saturated carbocycles. The Bertz CT molecular complexity index is 3180. The number of nitrogens with zero attached hydrogens (tertiary/aromatic N) is 6. The highest BCUT2D eigenvalue weighted by Gasteiger charge is 2.29. The van der Waals surface area contributed by atoms with Crippen LogP contribution in [0.1, 0.15) is 74.2 Å². The standard InChI is InChI=1S/C54H49N8O4P/c1-6-64-54(63)38-16-14-36(15-17-38)50-42-22-23-43(58-42)51(37-18-20-39(21-19-37)66-67(65-33-11-30-55)62(34(2)3)35(4)5)45-25-27-47(60-45)53(41-13-8-10-32-57-41)49-29-28-48(61-49)52(40-12-7-9-31-56-40)46-26-24-44(50)59-46/h7-10,12-29,31-32,34-35,59-60H,6,11,33H2,1-5H3. The number of benzene rings is 2. The second-order valence-electron chi connectivity index (χ2n) is 16.4. The van der Waals surface area contributed by atoms with E-state index in [4.69, 9.17) is 33.7 Å². The normalized spacial score (nSPS) is 12.5. The highest BCUT2D eigenvalue weighted by Crippen LogP contribution is 2.47. The molecule has 2 N–H and O–H groups in total. The van der Waals surface area contributed by atoms with E-state index in [-0.39, 0.29) is 37.7 Å². The van der Waals surface area contributed by atoms with Crippen molar-refractivity contribution in [2.75, 3.05) is 13.2 Å². The van der Waals surface area contributed by atoms with Gasteiger partial charge in [0, 0.05) is 57.8 Å². The minimum atomic E-state index is -1.51. The van der Waals surface area contributed by atoms with Crippen molar-refractivity contribution in [1.82, 2.24) is 34.6 Å². The fourth-order valence-electron chi connectivity index (χ4n) is 8.42. The molecule has 2 aromatic carbocycles. The molecule has 2 aliphatic rings. The molecule has 9 rings (SSSR count). The summed E-state index contributed by atoms with van der Waals surface area (Å²) in [4.78, 5) is 40.6. The van der Waals surface area contributed by atoms with E-state index >= 15 is 0 Å². The van der Waals surface area contributed by atoms with Crippen molar-refractivity contribution >= 4 is 60.9 Å². The van der Waals surface area contributed by atoms with E-state index in [0.717, 1.165) is 89.6 Å². The molecule has 0 aliphatic carbocycles. The van der Waals surface area contributed by atoms with E-state index in [1.54, 1.807) is 31.5 Å². The molecule has 0 saturated heterocycles. The molecule has 0 amide bonds. The van der Waals surface area contributed by atoms with Gasteiger partial charge in [-0.25, -0.2) is 19.4 Å². The molecule has 67 heavy (non-hydrogen) atoms. The third-order valence-electron chi connectivity index (χ3n) is 11.3. The summed E-state index contributed by atoms with van der Waals surface area (Å²) in [6, 6.07) is 37.9. The molecule has 7 heterocycles. The van der Waals surface area contributed by atoms with Crippen molar-refractivity contribution < 1.29 is 18.6 Å². The lowest BCUT2D eigenvalue weighted by Gasteiger charge is -2.35. The zero-order valence-corrected chi connectivity index (χ0v) is 38.8. The first-order valence-corrected chi connectivity index (χ1v) is 23.5. The number of nitrogens with one attached hydrogen (secondary N) is 2. The van der Waals surface area contributed by atoms with Crippen LogP contribution in [0.25, 0.3) is 91.1 Å². The zero-order valence-electron chi connectivity index (χ0n) is 37.9. The summed E-state index contributed by atoms with van der Waals surface area (Å²) >= 11 is 0. The fraction of sp³-hybridized carbons (Fsp3) is 0.185. The van der Waals surface area contributed by atoms with E-state index < -0.39 is 8.53 Å². The van der Waals surface area contributed by atoms with Crippen LogP contribution in [0.5, 0.6) is 5.75 Å². The number of nitriles is 1. The van der Waals surface area contributed by atoms with Crippen molar-refractivity contribution in [3.8, 4) is 56.6 Å². The monoisotopic (exact) mass is 904 g/mol. The van der Waals surface area contributed by atoms with Gasteiger partial charge in [0.05, 0.1) is 76.5 Å². The van der Waals surface area contributed by atoms with Gasteiger partial charge in [-0.3, -0.25) is 9.97 Å². The smallest absolute Gasteiger partial charge is 0.338 e. The lowest BCUT2D eigenvalue weighted by Crippen LogP contribution is -2.34. The minimum absolute atomic E-state index is 0.153. The minimum Gasteiger partial charge on any atom is -0.462 e. The van der Waals surface area contributed by atoms with Crippen molar-refractivity contribution in [3.63, 3.8) is 0 Å². The SMILES string of the molecule is CCOC(=O)c1ccc(-c2c3nc(c(-c4ccc(OP(OCCC#N)N(C(C)C)C(C)C)cc4)c4ccc([nH]4)c(-c4ccccn4)c4nc(c(-c5ccccn5)c5ccc2[nH]5)C=C4)C=C3)cc1. The Balaban J connectivity index is 1.30. The van der Waals surface area contributed by atoms with Crippen LogP contribution in [0.4, 0.5) is 0 Å². The van der Waals surface area contributed by atoms with E-state index in [1.165, 1.54) is 0 Å². The maximum absolute atomic E-state index is 12.8. The second kappa shape index (κ2) is 19.9. The molecular weight excluding hydrogens is 856 g/mol. The number of rotatable bonds is 14. The Morgan fingerprint density at radius 1 is 0.642 bits per heavy atom. The number of hydrogen-bond donors (Lipinski definition) is 2. The van der Waals surface area contributed by atoms with Gasteiger partial charge in [0.1, 0.15) is 5.75 Å². The van der Waals surface area contributed by atoms with Gasteiger partial charge in [-0.1, -0.05) is 36.4 Å². The first-order valence-electron chi connectivity index (χ1n) is 22.3. The average Bonchev–Trinajstić information content (AvgIpc) is 4.19. The molecule has 1 unspecified atom stereocenters. The quantitative estimate of drug-likeness (QED) is 0.0612. The number of carbonyl (C=O) groups excluding carboxylic acids is 1. The third-order valence-corrected chi connectivity index (χ3v) is 13.3. The van der Waals surface area contributed by atoms with Gasteiger partial charge >= 0.3 is 14.5 Å². The summed E-state index contributed by atoms with van der Waals surface area (Å²) in [6.07, 6.45) is 12.0. The topological polar surface area (TPSA) is 155 Å². The molecule has 334 valence electrons. The molecule has 0 fully saturated rings. The van der Waals surface area contributed by atoms with E-state index in [0.29, 0.717) is 11.3 Å². The summed E-state index contributed by atoms with van der Waals surface area (Å²) in [5.74, 6) is 0.263. The van der Waals surface area contributed by atoms with Crippen LogP contribution in [0.2, 0.25) is 0 Å². The summed E-state index contributed by atoms with van der Waals surface area (Å²) in [7, 11) is -1.51. The van der Waals surface area contributed by atoms with Crippen LogP contribution < -0.4 is 4.52 Å². The number of hydrogen-bond acceptors (Lipinski definition) is 10. The predicted molar refractivity (Wildman–Crippen MR) is 268 cm³/mol. The Kier molecular flexibility index (Phi) is 13.3. The number of esters is 1. The van der Waals surface area contributed by atoms with E-state index in [1.807, 2.05) is 109 Å². The van der Waals surface area contributed by atoms with Crippen LogP contribution in [-0.2, 0) is 9.26 Å². The van der Waals surface area contributed by atoms with Crippen LogP contribution in [0.15, 0.2) is 122 Å². The zero-order chi connectivity index (χ0) is 46.4. The molecule has 13 heteroatoms. The molecule has 0 spiro atoms. The third kappa shape index (κ3) is 9.44. The first-order chi connectivity index (χ1) is 32.7. The van der Waals surface area contributed by atoms with Gasteiger partial charge in [0.25, 0.3) is 0 Å². The number of fused-ring (bicyclic) bond motifs is 8. The van der Waals surface area contributed by atoms with Crippen LogP contribution in [0, 0.1) is 11.3 Å². The Morgan fingerprint density at radius 3 is 1.54 bits per heavy atom. The lowest BCUT2D eigenvalue weighted by molar-refractivity contribution is 0.0526. The molecule has 2 aliphatic heterocycles. The molecule has 0 radical (unpaired) electrons. The summed E-state index contributed by atoms with van der Waals surface area (Å²) in [5, 5.41) is 9.26. The van der Waals surface area contributed by atoms with Crippen molar-refractivity contribution in [2.24, 2.45) is 0 Å². The van der Waals surface area contributed by atoms with Crippen molar-refractivity contribution in [3.05, 3.63) is 150 Å².